The highest BCUT2D eigenvalue weighted by Crippen LogP contribution is 2.40. The number of aromatic nitrogens is 1. The van der Waals surface area contributed by atoms with Crippen LogP contribution in [0, 0.1) is 12.7 Å². The van der Waals surface area contributed by atoms with Crippen LogP contribution in [0.15, 0.2) is 48.5 Å². The smallest absolute Gasteiger partial charge is 0.333 e. The van der Waals surface area contributed by atoms with Gasteiger partial charge in [0.1, 0.15) is 5.82 Å². The van der Waals surface area contributed by atoms with Gasteiger partial charge in [0.05, 0.1) is 11.3 Å². The number of hydrogen-bond acceptors (Lipinski definition) is 3. The number of rotatable bonds is 5. The van der Waals surface area contributed by atoms with Gasteiger partial charge < -0.3 is 11.5 Å². The maximum absolute atomic E-state index is 13.9. The Morgan fingerprint density at radius 1 is 0.889 bits per heavy atom. The second-order valence-electron chi connectivity index (χ2n) is 8.69. The minimum absolute atomic E-state index is 0.0543. The first kappa shape index (κ1) is 29.5. The number of fused-ring (bicyclic) bond motifs is 1. The first-order chi connectivity index (χ1) is 17.3. The molecular formula is C29H37F4N3. The van der Waals surface area contributed by atoms with Crippen LogP contribution in [0.25, 0.3) is 22.4 Å². The molecule has 196 valence electrons. The van der Waals surface area contributed by atoms with Crippen molar-refractivity contribution in [2.75, 3.05) is 13.6 Å². The number of alkyl halides is 3. The summed E-state index contributed by atoms with van der Waals surface area (Å²) in [6.07, 6.45) is 2.75. The minimum Gasteiger partial charge on any atom is -0.333 e. The fraction of sp³-hybridized carbons (Fsp3) is 0.414. The lowest BCUT2D eigenvalue weighted by atomic mass is 9.86. The van der Waals surface area contributed by atoms with Gasteiger partial charge >= 0.3 is 6.18 Å². The van der Waals surface area contributed by atoms with Gasteiger partial charge in [0.25, 0.3) is 0 Å². The molecule has 1 aromatic heterocycles. The van der Waals surface area contributed by atoms with Gasteiger partial charge in [0.15, 0.2) is 0 Å². The van der Waals surface area contributed by atoms with Crippen LogP contribution in [0.3, 0.4) is 0 Å². The molecule has 0 saturated heterocycles. The van der Waals surface area contributed by atoms with E-state index in [-0.39, 0.29) is 17.1 Å². The van der Waals surface area contributed by atoms with E-state index >= 15 is 0 Å². The molecule has 7 heteroatoms. The van der Waals surface area contributed by atoms with Gasteiger partial charge in [0.2, 0.25) is 0 Å². The zero-order chi connectivity index (χ0) is 26.7. The van der Waals surface area contributed by atoms with Crippen molar-refractivity contribution >= 4 is 0 Å². The predicted octanol–water partition coefficient (Wildman–Crippen LogP) is 7.47. The summed E-state index contributed by atoms with van der Waals surface area (Å²) in [5, 5.41) is 0. The highest BCUT2D eigenvalue weighted by atomic mass is 19.4. The molecule has 4 rings (SSSR count). The molecule has 4 N–H and O–H groups in total. The van der Waals surface area contributed by atoms with Crippen LogP contribution >= 0.6 is 0 Å². The van der Waals surface area contributed by atoms with Crippen LogP contribution in [0.1, 0.15) is 61.4 Å². The van der Waals surface area contributed by atoms with Crippen molar-refractivity contribution < 1.29 is 17.6 Å². The Morgan fingerprint density at radius 2 is 1.58 bits per heavy atom. The van der Waals surface area contributed by atoms with Crippen LogP contribution in [0.5, 0.6) is 0 Å². The van der Waals surface area contributed by atoms with Crippen molar-refractivity contribution in [3.63, 3.8) is 0 Å². The van der Waals surface area contributed by atoms with Crippen LogP contribution in [0.2, 0.25) is 0 Å². The second-order valence-corrected chi connectivity index (χ2v) is 8.69. The number of aryl methyl sites for hydroxylation is 2. The van der Waals surface area contributed by atoms with E-state index in [2.05, 4.69) is 17.6 Å². The topological polar surface area (TPSA) is 64.9 Å². The quantitative estimate of drug-likeness (QED) is 0.280. The highest BCUT2D eigenvalue weighted by Gasteiger charge is 2.34. The normalized spacial score (nSPS) is 12.6. The Morgan fingerprint density at radius 3 is 2.22 bits per heavy atom. The third kappa shape index (κ3) is 7.61. The van der Waals surface area contributed by atoms with Gasteiger partial charge in [-0.1, -0.05) is 44.0 Å². The molecule has 0 amide bonds. The van der Waals surface area contributed by atoms with Crippen molar-refractivity contribution in [2.45, 2.75) is 65.0 Å². The van der Waals surface area contributed by atoms with E-state index in [1.165, 1.54) is 50.6 Å². The van der Waals surface area contributed by atoms with Gasteiger partial charge in [-0.15, -0.1) is 0 Å². The standard InChI is InChI=1S/C23H19F4N.C5H13N.CH5N/c1-14-10-11-15(24)12-18(14)19-13-22(28-21-9-5-3-6-16(19)21)17-7-2-4-8-20(17)23(25,26)27;1-2-3-4-5-6;1-2/h2,4,7-8,10-13H,3,5-6,9H2,1H3;2-6H2,1H3;2H2,1H3. The molecule has 3 aromatic rings. The Balaban J connectivity index is 0.000000502. The van der Waals surface area contributed by atoms with Crippen LogP contribution in [-0.2, 0) is 19.0 Å². The molecule has 0 radical (unpaired) electrons. The molecule has 0 unspecified atom stereocenters. The molecule has 1 aliphatic rings. The second kappa shape index (κ2) is 14.1. The Bertz CT molecular complexity index is 1110. The third-order valence-electron chi connectivity index (χ3n) is 6.11. The zero-order valence-corrected chi connectivity index (χ0v) is 21.4. The first-order valence-corrected chi connectivity index (χ1v) is 12.5. The monoisotopic (exact) mass is 503 g/mol. The maximum atomic E-state index is 13.9. The molecular weight excluding hydrogens is 466 g/mol. The number of nitrogens with two attached hydrogens (primary N) is 2. The summed E-state index contributed by atoms with van der Waals surface area (Å²) in [5.74, 6) is -0.362. The van der Waals surface area contributed by atoms with Crippen molar-refractivity contribution in [3.8, 4) is 22.4 Å². The molecule has 0 spiro atoms. The summed E-state index contributed by atoms with van der Waals surface area (Å²) >= 11 is 0. The van der Waals surface area contributed by atoms with E-state index in [4.69, 9.17) is 5.73 Å². The molecule has 3 nitrogen and oxygen atoms in total. The van der Waals surface area contributed by atoms with Crippen LogP contribution in [0.4, 0.5) is 17.6 Å². The molecule has 0 saturated carbocycles. The largest absolute Gasteiger partial charge is 0.417 e. The first-order valence-electron chi connectivity index (χ1n) is 12.5. The number of hydrogen-bond donors (Lipinski definition) is 2. The van der Waals surface area contributed by atoms with E-state index in [0.717, 1.165) is 60.7 Å². The number of unbranched alkanes of at least 4 members (excludes halogenated alkanes) is 2. The molecule has 0 fully saturated rings. The van der Waals surface area contributed by atoms with Gasteiger partial charge in [-0.25, -0.2) is 4.39 Å². The summed E-state index contributed by atoms with van der Waals surface area (Å²) < 4.78 is 54.6. The lowest BCUT2D eigenvalue weighted by Gasteiger charge is -2.22. The van der Waals surface area contributed by atoms with Gasteiger partial charge in [-0.3, -0.25) is 4.98 Å². The van der Waals surface area contributed by atoms with Crippen molar-refractivity contribution in [1.29, 1.82) is 0 Å². The van der Waals surface area contributed by atoms with Crippen molar-refractivity contribution in [3.05, 3.63) is 76.7 Å². The van der Waals surface area contributed by atoms with E-state index in [1.807, 2.05) is 6.92 Å². The van der Waals surface area contributed by atoms with Crippen LogP contribution in [-0.4, -0.2) is 18.6 Å². The number of halogens is 4. The summed E-state index contributed by atoms with van der Waals surface area (Å²) in [4.78, 5) is 4.60. The fourth-order valence-electron chi connectivity index (χ4n) is 4.32. The molecule has 1 heterocycles. The SMILES string of the molecule is CCCCCN.CN.Cc1ccc(F)cc1-c1cc(-c2ccccc2C(F)(F)F)nc2c1CCCC2. The number of benzene rings is 2. The third-order valence-corrected chi connectivity index (χ3v) is 6.11. The van der Waals surface area contributed by atoms with Gasteiger partial charge in [0, 0.05) is 11.3 Å². The molecule has 0 atom stereocenters. The fourth-order valence-corrected chi connectivity index (χ4v) is 4.32. The van der Waals surface area contributed by atoms with E-state index in [0.29, 0.717) is 5.56 Å². The summed E-state index contributed by atoms with van der Waals surface area (Å²) in [7, 11) is 1.50. The summed E-state index contributed by atoms with van der Waals surface area (Å²) in [5.41, 5.74) is 13.6. The number of nitrogens with zero attached hydrogens (tertiary/aromatic N) is 1. The van der Waals surface area contributed by atoms with E-state index < -0.39 is 11.7 Å². The predicted molar refractivity (Wildman–Crippen MR) is 140 cm³/mol. The lowest BCUT2D eigenvalue weighted by Crippen LogP contribution is -2.11. The van der Waals surface area contributed by atoms with Gasteiger partial charge in [-0.05, 0) is 99.1 Å². The van der Waals surface area contributed by atoms with E-state index in [1.54, 1.807) is 18.2 Å². The molecule has 0 bridgehead atoms. The van der Waals surface area contributed by atoms with Crippen LogP contribution < -0.4 is 11.5 Å². The van der Waals surface area contributed by atoms with Crippen molar-refractivity contribution in [2.24, 2.45) is 11.5 Å². The Kier molecular flexibility index (Phi) is 11.5. The molecule has 36 heavy (non-hydrogen) atoms. The highest BCUT2D eigenvalue weighted by molar-refractivity contribution is 5.77. The lowest BCUT2D eigenvalue weighted by molar-refractivity contribution is -0.137. The maximum Gasteiger partial charge on any atom is 0.417 e. The molecule has 2 aromatic carbocycles. The average Bonchev–Trinajstić information content (AvgIpc) is 2.89. The van der Waals surface area contributed by atoms with Crippen molar-refractivity contribution in [1.82, 2.24) is 4.98 Å². The minimum atomic E-state index is -4.47. The molecule has 1 aliphatic carbocycles. The Labute approximate surface area is 211 Å². The number of pyridine rings is 1. The summed E-state index contributed by atoms with van der Waals surface area (Å²) in [6, 6.07) is 11.7. The molecule has 0 aliphatic heterocycles. The summed E-state index contributed by atoms with van der Waals surface area (Å²) in [6.45, 7) is 4.91. The van der Waals surface area contributed by atoms with E-state index in [9.17, 15) is 17.6 Å². The Hall–Kier alpha value is -2.77. The zero-order valence-electron chi connectivity index (χ0n) is 21.4. The van der Waals surface area contributed by atoms with Gasteiger partial charge in [-0.2, -0.15) is 13.2 Å². The average molecular weight is 504 g/mol.